The smallest absolute Gasteiger partial charge is 0.258 e. The molecular formula is C21H24N2O5. The number of fused-ring (bicyclic) bond motifs is 1. The number of hydrogen-bond acceptors (Lipinski definition) is 5. The second kappa shape index (κ2) is 8.16. The second-order valence-corrected chi connectivity index (χ2v) is 7.10. The van der Waals surface area contributed by atoms with Crippen molar-refractivity contribution in [1.82, 2.24) is 9.88 Å². The molecule has 28 heavy (non-hydrogen) atoms. The average molecular weight is 384 g/mol. The summed E-state index contributed by atoms with van der Waals surface area (Å²) in [5.41, 5.74) is 0.763. The highest BCUT2D eigenvalue weighted by Crippen LogP contribution is 2.27. The molecule has 4 rings (SSSR count). The van der Waals surface area contributed by atoms with E-state index < -0.39 is 0 Å². The number of amides is 1. The number of nitrogens with one attached hydrogen (secondary N) is 1. The van der Waals surface area contributed by atoms with Crippen molar-refractivity contribution >= 4 is 5.91 Å². The number of carbonyl (C=O) groups excluding carboxylic acids is 1. The molecule has 7 nitrogen and oxygen atoms in total. The first-order valence-electron chi connectivity index (χ1n) is 9.56. The number of hydrogen-bond donors (Lipinski definition) is 1. The van der Waals surface area contributed by atoms with Gasteiger partial charge in [0.15, 0.2) is 0 Å². The molecule has 1 amide bonds. The molecule has 3 atom stereocenters. The van der Waals surface area contributed by atoms with Crippen LogP contribution in [-0.4, -0.2) is 49.0 Å². The van der Waals surface area contributed by atoms with Gasteiger partial charge in [-0.2, -0.15) is 0 Å². The lowest BCUT2D eigenvalue weighted by atomic mass is 9.89. The molecule has 3 unspecified atom stereocenters. The van der Waals surface area contributed by atoms with Gasteiger partial charge in [0.25, 0.3) is 11.5 Å². The fourth-order valence-corrected chi connectivity index (χ4v) is 3.91. The Labute approximate surface area is 163 Å². The third-order valence-electron chi connectivity index (χ3n) is 5.33. The van der Waals surface area contributed by atoms with Crippen LogP contribution in [0.5, 0.6) is 5.75 Å². The Morgan fingerprint density at radius 3 is 2.64 bits per heavy atom. The first kappa shape index (κ1) is 18.7. The molecule has 1 saturated carbocycles. The van der Waals surface area contributed by atoms with Gasteiger partial charge in [-0.15, -0.1) is 0 Å². The minimum atomic E-state index is -0.262. The molecule has 1 aliphatic heterocycles. The summed E-state index contributed by atoms with van der Waals surface area (Å²) in [6, 6.07) is 10.5. The van der Waals surface area contributed by atoms with Crippen LogP contribution in [0.4, 0.5) is 0 Å². The predicted molar refractivity (Wildman–Crippen MR) is 103 cm³/mol. The minimum Gasteiger partial charge on any atom is -0.496 e. The van der Waals surface area contributed by atoms with E-state index in [1.807, 2.05) is 30.3 Å². The number of methoxy groups -OCH3 is 1. The van der Waals surface area contributed by atoms with E-state index in [4.69, 9.17) is 14.2 Å². The maximum Gasteiger partial charge on any atom is 0.258 e. The normalized spacial score (nSPS) is 24.2. The highest BCUT2D eigenvalue weighted by atomic mass is 16.6. The third kappa shape index (κ3) is 3.81. The largest absolute Gasteiger partial charge is 0.496 e. The van der Waals surface area contributed by atoms with E-state index >= 15 is 0 Å². The zero-order valence-corrected chi connectivity index (χ0v) is 15.8. The van der Waals surface area contributed by atoms with Crippen LogP contribution in [0.2, 0.25) is 0 Å². The van der Waals surface area contributed by atoms with Gasteiger partial charge in [-0.1, -0.05) is 18.2 Å². The van der Waals surface area contributed by atoms with Gasteiger partial charge < -0.3 is 19.5 Å². The molecular weight excluding hydrogens is 360 g/mol. The molecule has 0 bridgehead atoms. The standard InChI is InChI=1S/C21H24N2O5/c1-26-18-12-20(24)23(15-5-3-2-4-6-15)13-16(18)21(25)22-14-7-8-17-19(11-14)28-10-9-27-17/h2-6,12-14,17,19H,7-11H2,1H3,(H,22,25). The molecule has 2 aliphatic rings. The number of nitrogens with zero attached hydrogens (tertiary/aromatic N) is 1. The van der Waals surface area contributed by atoms with Gasteiger partial charge in [-0.3, -0.25) is 14.2 Å². The van der Waals surface area contributed by atoms with Gasteiger partial charge in [0.1, 0.15) is 5.75 Å². The number of benzene rings is 1. The lowest BCUT2D eigenvalue weighted by Crippen LogP contribution is -2.49. The van der Waals surface area contributed by atoms with Crippen LogP contribution in [-0.2, 0) is 9.47 Å². The molecule has 0 spiro atoms. The molecule has 2 fully saturated rings. The quantitative estimate of drug-likeness (QED) is 0.871. The predicted octanol–water partition coefficient (Wildman–Crippen LogP) is 1.91. The van der Waals surface area contributed by atoms with E-state index in [1.54, 1.807) is 0 Å². The molecule has 1 aromatic carbocycles. The summed E-state index contributed by atoms with van der Waals surface area (Å²) in [4.78, 5) is 25.4. The van der Waals surface area contributed by atoms with Gasteiger partial charge in [0.05, 0.1) is 38.1 Å². The topological polar surface area (TPSA) is 78.8 Å². The zero-order chi connectivity index (χ0) is 19.5. The highest BCUT2D eigenvalue weighted by Gasteiger charge is 2.35. The molecule has 1 N–H and O–H groups in total. The van der Waals surface area contributed by atoms with E-state index in [-0.39, 0.29) is 35.5 Å². The van der Waals surface area contributed by atoms with Gasteiger partial charge in [0.2, 0.25) is 0 Å². The first-order chi connectivity index (χ1) is 13.7. The summed E-state index contributed by atoms with van der Waals surface area (Å²) < 4.78 is 18.3. The van der Waals surface area contributed by atoms with Crippen LogP contribution >= 0.6 is 0 Å². The van der Waals surface area contributed by atoms with Crippen molar-refractivity contribution in [2.75, 3.05) is 20.3 Å². The molecule has 1 saturated heterocycles. The van der Waals surface area contributed by atoms with Crippen LogP contribution in [0.1, 0.15) is 29.6 Å². The van der Waals surface area contributed by atoms with E-state index in [0.717, 1.165) is 19.3 Å². The Balaban J connectivity index is 1.55. The zero-order valence-electron chi connectivity index (χ0n) is 15.8. The first-order valence-corrected chi connectivity index (χ1v) is 9.56. The number of rotatable bonds is 4. The summed E-state index contributed by atoms with van der Waals surface area (Å²) >= 11 is 0. The molecule has 0 radical (unpaired) electrons. The van der Waals surface area contributed by atoms with E-state index in [0.29, 0.717) is 24.5 Å². The summed E-state index contributed by atoms with van der Waals surface area (Å²) in [6.45, 7) is 1.23. The van der Waals surface area contributed by atoms with Crippen molar-refractivity contribution in [3.05, 3.63) is 58.5 Å². The van der Waals surface area contributed by atoms with Gasteiger partial charge >= 0.3 is 0 Å². The number of ether oxygens (including phenoxy) is 3. The highest BCUT2D eigenvalue weighted by molar-refractivity contribution is 5.96. The van der Waals surface area contributed by atoms with Crippen molar-refractivity contribution in [1.29, 1.82) is 0 Å². The van der Waals surface area contributed by atoms with Crippen molar-refractivity contribution in [2.45, 2.75) is 37.5 Å². The van der Waals surface area contributed by atoms with Gasteiger partial charge in [-0.25, -0.2) is 0 Å². The Kier molecular flexibility index (Phi) is 5.45. The van der Waals surface area contributed by atoms with Crippen LogP contribution in [0, 0.1) is 0 Å². The Morgan fingerprint density at radius 1 is 1.14 bits per heavy atom. The molecule has 7 heteroatoms. The fraction of sp³-hybridized carbons (Fsp3) is 0.429. The number of aromatic nitrogens is 1. The summed E-state index contributed by atoms with van der Waals surface area (Å²) in [5.74, 6) is 0.00215. The minimum absolute atomic E-state index is 0.00254. The maximum atomic E-state index is 13.0. The van der Waals surface area contributed by atoms with Crippen molar-refractivity contribution in [3.63, 3.8) is 0 Å². The SMILES string of the molecule is COc1cc(=O)n(-c2ccccc2)cc1C(=O)NC1CCC2OCCOC2C1. The number of para-hydroxylation sites is 1. The summed E-state index contributed by atoms with van der Waals surface area (Å²) in [5, 5.41) is 3.07. The van der Waals surface area contributed by atoms with E-state index in [2.05, 4.69) is 5.32 Å². The maximum absolute atomic E-state index is 13.0. The number of carbonyl (C=O) groups is 1. The third-order valence-corrected chi connectivity index (χ3v) is 5.33. The molecule has 148 valence electrons. The van der Waals surface area contributed by atoms with Crippen LogP contribution in [0.3, 0.4) is 0 Å². The summed E-state index contributed by atoms with van der Waals surface area (Å²) in [6.07, 6.45) is 4.09. The molecule has 2 heterocycles. The lowest BCUT2D eigenvalue weighted by Gasteiger charge is -2.39. The fourth-order valence-electron chi connectivity index (χ4n) is 3.91. The van der Waals surface area contributed by atoms with Crippen molar-refractivity contribution in [3.8, 4) is 11.4 Å². The molecule has 1 aromatic heterocycles. The van der Waals surface area contributed by atoms with Gasteiger partial charge in [0, 0.05) is 24.0 Å². The van der Waals surface area contributed by atoms with Gasteiger partial charge in [-0.05, 0) is 31.4 Å². The van der Waals surface area contributed by atoms with Crippen LogP contribution in [0.25, 0.3) is 5.69 Å². The van der Waals surface area contributed by atoms with E-state index in [9.17, 15) is 9.59 Å². The van der Waals surface area contributed by atoms with E-state index in [1.165, 1.54) is 23.9 Å². The molecule has 2 aromatic rings. The second-order valence-electron chi connectivity index (χ2n) is 7.10. The monoisotopic (exact) mass is 384 g/mol. The van der Waals surface area contributed by atoms with Crippen molar-refractivity contribution in [2.24, 2.45) is 0 Å². The Bertz CT molecular complexity index is 895. The van der Waals surface area contributed by atoms with Crippen LogP contribution < -0.4 is 15.6 Å². The number of pyridine rings is 1. The average Bonchev–Trinajstić information content (AvgIpc) is 2.74. The van der Waals surface area contributed by atoms with Crippen molar-refractivity contribution < 1.29 is 19.0 Å². The summed E-state index contributed by atoms with van der Waals surface area (Å²) in [7, 11) is 1.46. The van der Waals surface area contributed by atoms with Crippen LogP contribution in [0.15, 0.2) is 47.4 Å². The molecule has 1 aliphatic carbocycles. The Hall–Kier alpha value is -2.64. The lowest BCUT2D eigenvalue weighted by molar-refractivity contribution is -0.157. The Morgan fingerprint density at radius 2 is 1.89 bits per heavy atom.